The second kappa shape index (κ2) is 7.68. The summed E-state index contributed by atoms with van der Waals surface area (Å²) < 4.78 is 15.0. The Bertz CT molecular complexity index is 765. The Morgan fingerprint density at radius 3 is 2.68 bits per heavy atom. The van der Waals surface area contributed by atoms with Gasteiger partial charge in [-0.15, -0.1) is 0 Å². The molecular formula is C15H22B3FN4OS. The van der Waals surface area contributed by atoms with Crippen molar-refractivity contribution in [2.75, 3.05) is 16.9 Å². The van der Waals surface area contributed by atoms with Crippen LogP contribution in [0.2, 0.25) is 0 Å². The van der Waals surface area contributed by atoms with Gasteiger partial charge in [0.1, 0.15) is 29.4 Å². The molecule has 0 aliphatic carbocycles. The number of aryl methyl sites for hydroxylation is 1. The molecule has 0 aliphatic heterocycles. The number of hydrogen-bond acceptors (Lipinski definition) is 4. The minimum Gasteiger partial charge on any atom is -0.327 e. The van der Waals surface area contributed by atoms with E-state index < -0.39 is 11.1 Å². The Labute approximate surface area is 155 Å². The number of thioether (sulfide) groups is 1. The number of anilines is 1. The lowest BCUT2D eigenvalue weighted by Gasteiger charge is -2.37. The van der Waals surface area contributed by atoms with Crippen LogP contribution in [-0.4, -0.2) is 61.5 Å². The van der Waals surface area contributed by atoms with Crippen LogP contribution in [-0.2, 0) is 4.79 Å². The maximum absolute atomic E-state index is 13.5. The minimum atomic E-state index is -0.426. The predicted molar refractivity (Wildman–Crippen MR) is 109 cm³/mol. The van der Waals surface area contributed by atoms with Crippen molar-refractivity contribution in [1.82, 2.24) is 14.8 Å². The molecule has 2 aromatic heterocycles. The van der Waals surface area contributed by atoms with Gasteiger partial charge in [0.05, 0.1) is 35.7 Å². The van der Waals surface area contributed by atoms with Crippen LogP contribution in [0.1, 0.15) is 12.6 Å². The minimum absolute atomic E-state index is 0.0573. The molecular weight excluding hydrogens is 336 g/mol. The van der Waals surface area contributed by atoms with E-state index in [0.29, 0.717) is 11.4 Å². The van der Waals surface area contributed by atoms with E-state index in [1.165, 1.54) is 6.07 Å². The number of halogens is 1. The average Bonchev–Trinajstić information content (AvgIpc) is 2.88. The number of hydrogen-bond donors (Lipinski definition) is 0. The summed E-state index contributed by atoms with van der Waals surface area (Å²) >= 11 is 1.65. The number of rotatable bonds is 6. The quantitative estimate of drug-likeness (QED) is 0.658. The van der Waals surface area contributed by atoms with E-state index in [9.17, 15) is 9.18 Å². The lowest BCUT2D eigenvalue weighted by atomic mass is 9.48. The maximum atomic E-state index is 13.5. The van der Waals surface area contributed by atoms with Gasteiger partial charge in [0.25, 0.3) is 0 Å². The molecule has 0 bridgehead atoms. The molecule has 2 rings (SSSR count). The molecule has 5 nitrogen and oxygen atoms in total. The standard InChI is InChI=1S/C15H22B3FN4OS/c1-9(8-25-3)14(24)23(15(16,17)18)13-7-22(21-10(13)2)12-4-11(19)5-20-6-12/h4-7,9H,8,16-18H2,1-3H3. The number of aromatic nitrogens is 3. The van der Waals surface area contributed by atoms with Crippen molar-refractivity contribution in [2.24, 2.45) is 5.92 Å². The number of nitrogens with zero attached hydrogens (tertiary/aromatic N) is 4. The molecule has 0 aromatic carbocycles. The summed E-state index contributed by atoms with van der Waals surface area (Å²) in [5.74, 6) is 0.283. The fourth-order valence-electron chi connectivity index (χ4n) is 2.68. The first-order valence-electron chi connectivity index (χ1n) is 8.15. The highest BCUT2D eigenvalue weighted by Crippen LogP contribution is 2.27. The van der Waals surface area contributed by atoms with E-state index in [0.717, 1.165) is 17.6 Å². The van der Waals surface area contributed by atoms with Crippen LogP contribution in [0, 0.1) is 18.7 Å². The van der Waals surface area contributed by atoms with E-state index in [1.54, 1.807) is 33.7 Å². The summed E-state index contributed by atoms with van der Waals surface area (Å²) in [6, 6.07) is 1.36. The van der Waals surface area contributed by atoms with Gasteiger partial charge in [0.2, 0.25) is 5.91 Å². The zero-order chi connectivity index (χ0) is 18.8. The summed E-state index contributed by atoms with van der Waals surface area (Å²) in [6.45, 7) is 3.79. The van der Waals surface area contributed by atoms with Crippen molar-refractivity contribution in [3.63, 3.8) is 0 Å². The van der Waals surface area contributed by atoms with Crippen LogP contribution in [0.3, 0.4) is 0 Å². The average molecular weight is 358 g/mol. The molecule has 10 heteroatoms. The van der Waals surface area contributed by atoms with Crippen LogP contribution in [0.5, 0.6) is 0 Å². The Hall–Kier alpha value is -1.70. The monoisotopic (exact) mass is 358 g/mol. The third-order valence-corrected chi connectivity index (χ3v) is 4.63. The van der Waals surface area contributed by atoms with E-state index in [1.807, 2.05) is 43.6 Å². The first-order chi connectivity index (χ1) is 11.6. The third kappa shape index (κ3) is 4.48. The molecule has 0 N–H and O–H groups in total. The van der Waals surface area contributed by atoms with Gasteiger partial charge in [-0.3, -0.25) is 9.78 Å². The SMILES string of the molecule is BC(B)(B)N(C(=O)C(C)CSC)c1cn(-c2cncc(F)c2)nc1C. The normalized spacial score (nSPS) is 12.8. The van der Waals surface area contributed by atoms with Crippen LogP contribution in [0.4, 0.5) is 10.1 Å². The molecule has 0 saturated carbocycles. The lowest BCUT2D eigenvalue weighted by molar-refractivity contribution is -0.121. The van der Waals surface area contributed by atoms with Crippen molar-refractivity contribution in [3.8, 4) is 5.69 Å². The summed E-state index contributed by atoms with van der Waals surface area (Å²) in [4.78, 5) is 18.7. The maximum Gasteiger partial charge on any atom is 0.229 e. The van der Waals surface area contributed by atoms with E-state index in [-0.39, 0.29) is 11.8 Å². The molecule has 0 fully saturated rings. The Morgan fingerprint density at radius 2 is 2.12 bits per heavy atom. The smallest absolute Gasteiger partial charge is 0.229 e. The Balaban J connectivity index is 2.47. The molecule has 0 aliphatic rings. The Morgan fingerprint density at radius 1 is 1.44 bits per heavy atom. The van der Waals surface area contributed by atoms with Crippen molar-refractivity contribution >= 4 is 46.9 Å². The molecule has 2 aromatic rings. The Kier molecular flexibility index (Phi) is 6.03. The molecule has 1 atom stereocenters. The molecule has 1 unspecified atom stereocenters. The highest BCUT2D eigenvalue weighted by Gasteiger charge is 2.33. The highest BCUT2D eigenvalue weighted by molar-refractivity contribution is 7.98. The topological polar surface area (TPSA) is 51.0 Å². The second-order valence-corrected chi connectivity index (χ2v) is 8.02. The van der Waals surface area contributed by atoms with Crippen molar-refractivity contribution < 1.29 is 9.18 Å². The molecule has 2 heterocycles. The van der Waals surface area contributed by atoms with Crippen molar-refractivity contribution in [3.05, 3.63) is 36.2 Å². The number of carbonyl (C=O) groups excluding carboxylic acids is 1. The van der Waals surface area contributed by atoms with Gasteiger partial charge in [-0.25, -0.2) is 9.07 Å². The third-order valence-electron chi connectivity index (χ3n) is 3.80. The molecule has 0 saturated heterocycles. The van der Waals surface area contributed by atoms with Crippen LogP contribution in [0.15, 0.2) is 24.7 Å². The van der Waals surface area contributed by atoms with Crippen molar-refractivity contribution in [1.29, 1.82) is 0 Å². The fourth-order valence-corrected chi connectivity index (χ4v) is 3.32. The van der Waals surface area contributed by atoms with Gasteiger partial charge >= 0.3 is 0 Å². The summed E-state index contributed by atoms with van der Waals surface area (Å²) in [5.41, 5.74) is 1.96. The van der Waals surface area contributed by atoms with Gasteiger partial charge < -0.3 is 4.90 Å². The lowest BCUT2D eigenvalue weighted by Crippen LogP contribution is -2.56. The fraction of sp³-hybridized carbons (Fsp3) is 0.400. The predicted octanol–water partition coefficient (Wildman–Crippen LogP) is -0.442. The van der Waals surface area contributed by atoms with Gasteiger partial charge in [-0.05, 0) is 18.4 Å². The van der Waals surface area contributed by atoms with Crippen LogP contribution in [0.25, 0.3) is 5.69 Å². The molecule has 130 valence electrons. The van der Waals surface area contributed by atoms with Gasteiger partial charge in [0.15, 0.2) is 0 Å². The molecule has 25 heavy (non-hydrogen) atoms. The molecule has 0 radical (unpaired) electrons. The summed E-state index contributed by atoms with van der Waals surface area (Å²) in [7, 11) is 5.99. The number of pyridine rings is 1. The first-order valence-corrected chi connectivity index (χ1v) is 9.54. The second-order valence-electron chi connectivity index (χ2n) is 7.11. The van der Waals surface area contributed by atoms with Gasteiger partial charge in [-0.1, -0.05) is 6.92 Å². The van der Waals surface area contributed by atoms with Gasteiger partial charge in [0, 0.05) is 17.7 Å². The number of amides is 1. The molecule has 0 spiro atoms. The van der Waals surface area contributed by atoms with Crippen LogP contribution < -0.4 is 4.90 Å². The first kappa shape index (κ1) is 19.6. The number of carbonyl (C=O) groups is 1. The van der Waals surface area contributed by atoms with E-state index >= 15 is 0 Å². The van der Waals surface area contributed by atoms with Crippen molar-refractivity contribution in [2.45, 2.75) is 19.1 Å². The molecule has 1 amide bonds. The zero-order valence-corrected chi connectivity index (χ0v) is 16.4. The van der Waals surface area contributed by atoms with Gasteiger partial charge in [-0.2, -0.15) is 16.9 Å². The van der Waals surface area contributed by atoms with E-state index in [2.05, 4.69) is 10.1 Å². The highest BCUT2D eigenvalue weighted by atomic mass is 32.2. The summed E-state index contributed by atoms with van der Waals surface area (Å²) in [6.07, 6.45) is 6.45. The zero-order valence-electron chi connectivity index (χ0n) is 15.6. The largest absolute Gasteiger partial charge is 0.327 e. The van der Waals surface area contributed by atoms with E-state index in [4.69, 9.17) is 0 Å². The van der Waals surface area contributed by atoms with Crippen LogP contribution >= 0.6 is 11.8 Å². The summed E-state index contributed by atoms with van der Waals surface area (Å²) in [5, 5.41) is 4.05.